The van der Waals surface area contributed by atoms with E-state index in [-0.39, 0.29) is 22.8 Å². The minimum Gasteiger partial charge on any atom is -0.490 e. The van der Waals surface area contributed by atoms with Gasteiger partial charge in [0, 0.05) is 38.1 Å². The quantitative estimate of drug-likeness (QED) is 0.835. The van der Waals surface area contributed by atoms with Gasteiger partial charge in [-0.15, -0.1) is 0 Å². The van der Waals surface area contributed by atoms with E-state index in [1.807, 2.05) is 16.9 Å². The van der Waals surface area contributed by atoms with Gasteiger partial charge in [-0.05, 0) is 31.2 Å². The predicted molar refractivity (Wildman–Crippen MR) is 87.0 cm³/mol. The molecule has 1 aliphatic heterocycles. The highest BCUT2D eigenvalue weighted by Gasteiger charge is 2.25. The lowest BCUT2D eigenvalue weighted by molar-refractivity contribution is 0.0649. The van der Waals surface area contributed by atoms with Crippen LogP contribution in [-0.2, 0) is 6.54 Å². The normalized spacial score (nSPS) is 15.5. The molecule has 1 fully saturated rings. The molecule has 128 valence electrons. The molecule has 7 nitrogen and oxygen atoms in total. The van der Waals surface area contributed by atoms with Gasteiger partial charge in [-0.2, -0.15) is 5.10 Å². The van der Waals surface area contributed by atoms with Gasteiger partial charge in [0.05, 0.1) is 7.11 Å². The number of rotatable bonds is 5. The number of nitrogens with zero attached hydrogens (tertiary/aromatic N) is 3. The number of aryl methyl sites for hydroxylation is 1. The summed E-state index contributed by atoms with van der Waals surface area (Å²) in [5, 5.41) is 4.21. The van der Waals surface area contributed by atoms with Gasteiger partial charge in [-0.1, -0.05) is 0 Å². The zero-order valence-electron chi connectivity index (χ0n) is 13.7. The molecule has 1 amide bonds. The fourth-order valence-electron chi connectivity index (χ4n) is 2.99. The fraction of sp³-hybridized carbons (Fsp3) is 0.471. The molecule has 2 aromatic heterocycles. The van der Waals surface area contributed by atoms with Gasteiger partial charge in [0.15, 0.2) is 5.76 Å². The van der Waals surface area contributed by atoms with Gasteiger partial charge in [0.2, 0.25) is 11.2 Å². The second-order valence-electron chi connectivity index (χ2n) is 5.97. The summed E-state index contributed by atoms with van der Waals surface area (Å²) >= 11 is 0. The lowest BCUT2D eigenvalue weighted by Crippen LogP contribution is -2.39. The molecule has 1 saturated heterocycles. The molecule has 0 spiro atoms. The van der Waals surface area contributed by atoms with Crippen molar-refractivity contribution in [1.29, 1.82) is 0 Å². The Kier molecular flexibility index (Phi) is 4.98. The molecule has 0 N–H and O–H groups in total. The van der Waals surface area contributed by atoms with E-state index in [0.717, 1.165) is 25.8 Å². The Hall–Kier alpha value is -2.57. The molecule has 0 aliphatic carbocycles. The topological polar surface area (TPSA) is 77.6 Å². The van der Waals surface area contributed by atoms with Gasteiger partial charge in [0.1, 0.15) is 6.26 Å². The maximum Gasteiger partial charge on any atom is 0.289 e. The first-order valence-corrected chi connectivity index (χ1v) is 8.11. The minimum absolute atomic E-state index is 0.0655. The summed E-state index contributed by atoms with van der Waals surface area (Å²) in [6, 6.07) is 3.12. The largest absolute Gasteiger partial charge is 0.490 e. The summed E-state index contributed by atoms with van der Waals surface area (Å²) in [5.74, 6) is 0.515. The molecule has 3 rings (SSSR count). The molecule has 1 aliphatic rings. The number of methoxy groups -OCH3 is 1. The molecule has 0 atom stereocenters. The number of ether oxygens (including phenoxy) is 1. The highest BCUT2D eigenvalue weighted by Crippen LogP contribution is 2.22. The average molecular weight is 331 g/mol. The first-order chi connectivity index (χ1) is 11.7. The Balaban J connectivity index is 1.53. The molecule has 0 aromatic carbocycles. The van der Waals surface area contributed by atoms with Crippen molar-refractivity contribution < 1.29 is 13.9 Å². The van der Waals surface area contributed by atoms with E-state index in [1.54, 1.807) is 11.1 Å². The Morgan fingerprint density at radius 2 is 2.21 bits per heavy atom. The maximum atomic E-state index is 12.4. The van der Waals surface area contributed by atoms with E-state index in [1.165, 1.54) is 19.4 Å². The van der Waals surface area contributed by atoms with Crippen LogP contribution in [0.4, 0.5) is 0 Å². The van der Waals surface area contributed by atoms with Crippen LogP contribution in [0.1, 0.15) is 29.8 Å². The third-order valence-electron chi connectivity index (χ3n) is 4.46. The molecular formula is C17H21N3O4. The van der Waals surface area contributed by atoms with Crippen molar-refractivity contribution in [3.63, 3.8) is 0 Å². The summed E-state index contributed by atoms with van der Waals surface area (Å²) in [4.78, 5) is 25.9. The van der Waals surface area contributed by atoms with Crippen molar-refractivity contribution in [2.75, 3.05) is 20.2 Å². The van der Waals surface area contributed by atoms with E-state index in [2.05, 4.69) is 5.10 Å². The molecule has 0 radical (unpaired) electrons. The molecular weight excluding hydrogens is 310 g/mol. The molecule has 0 bridgehead atoms. The van der Waals surface area contributed by atoms with Crippen LogP contribution in [0.2, 0.25) is 0 Å². The number of piperidine rings is 1. The third kappa shape index (κ3) is 3.67. The predicted octanol–water partition coefficient (Wildman–Crippen LogP) is 1.79. The smallest absolute Gasteiger partial charge is 0.289 e. The Bertz CT molecular complexity index is 731. The van der Waals surface area contributed by atoms with E-state index in [0.29, 0.717) is 19.0 Å². The maximum absolute atomic E-state index is 12.4. The number of aromatic nitrogens is 2. The van der Waals surface area contributed by atoms with Crippen molar-refractivity contribution in [3.05, 3.63) is 46.8 Å². The van der Waals surface area contributed by atoms with Gasteiger partial charge in [-0.25, -0.2) is 0 Å². The Morgan fingerprint density at radius 3 is 2.83 bits per heavy atom. The van der Waals surface area contributed by atoms with Crippen molar-refractivity contribution >= 4 is 5.91 Å². The average Bonchev–Trinajstić information content (AvgIpc) is 3.13. The number of hydrogen-bond acceptors (Lipinski definition) is 5. The van der Waals surface area contributed by atoms with Crippen LogP contribution in [0.3, 0.4) is 0 Å². The summed E-state index contributed by atoms with van der Waals surface area (Å²) in [7, 11) is 1.39. The Morgan fingerprint density at radius 1 is 1.42 bits per heavy atom. The lowest BCUT2D eigenvalue weighted by Gasteiger charge is -2.31. The van der Waals surface area contributed by atoms with Gasteiger partial charge < -0.3 is 14.1 Å². The zero-order valence-corrected chi connectivity index (χ0v) is 13.7. The second kappa shape index (κ2) is 7.33. The Labute approximate surface area is 139 Å². The molecule has 24 heavy (non-hydrogen) atoms. The fourth-order valence-corrected chi connectivity index (χ4v) is 2.99. The summed E-state index contributed by atoms with van der Waals surface area (Å²) < 4.78 is 12.0. The van der Waals surface area contributed by atoms with Crippen LogP contribution in [0.25, 0.3) is 0 Å². The monoisotopic (exact) mass is 331 g/mol. The summed E-state index contributed by atoms with van der Waals surface area (Å²) in [5.41, 5.74) is -0.346. The van der Waals surface area contributed by atoms with Crippen LogP contribution >= 0.6 is 0 Å². The third-order valence-corrected chi connectivity index (χ3v) is 4.46. The SMILES string of the molecule is COc1coc(C(=O)N2CCC(CCn3cccn3)CC2)cc1=O. The van der Waals surface area contributed by atoms with E-state index < -0.39 is 0 Å². The summed E-state index contributed by atoms with van der Waals surface area (Å²) in [6.45, 7) is 2.26. The van der Waals surface area contributed by atoms with Crippen molar-refractivity contribution in [1.82, 2.24) is 14.7 Å². The van der Waals surface area contributed by atoms with Crippen LogP contribution in [0, 0.1) is 5.92 Å². The van der Waals surface area contributed by atoms with Crippen LogP contribution in [0.15, 0.2) is 40.0 Å². The number of amides is 1. The number of carbonyl (C=O) groups is 1. The number of carbonyl (C=O) groups excluding carboxylic acids is 1. The first kappa shape index (κ1) is 16.3. The van der Waals surface area contributed by atoms with Crippen LogP contribution in [-0.4, -0.2) is 40.8 Å². The highest BCUT2D eigenvalue weighted by molar-refractivity contribution is 5.91. The lowest BCUT2D eigenvalue weighted by atomic mass is 9.93. The molecule has 0 saturated carbocycles. The van der Waals surface area contributed by atoms with E-state index in [4.69, 9.17) is 9.15 Å². The van der Waals surface area contributed by atoms with Gasteiger partial charge in [-0.3, -0.25) is 14.3 Å². The number of hydrogen-bond donors (Lipinski definition) is 0. The molecule has 2 aromatic rings. The van der Waals surface area contributed by atoms with Crippen LogP contribution in [0.5, 0.6) is 5.75 Å². The first-order valence-electron chi connectivity index (χ1n) is 8.11. The van der Waals surface area contributed by atoms with Crippen molar-refractivity contribution in [3.8, 4) is 5.75 Å². The molecule has 3 heterocycles. The minimum atomic E-state index is -0.346. The van der Waals surface area contributed by atoms with Crippen LogP contribution < -0.4 is 10.2 Å². The second-order valence-corrected chi connectivity index (χ2v) is 5.97. The summed E-state index contributed by atoms with van der Waals surface area (Å²) in [6.07, 6.45) is 7.89. The zero-order chi connectivity index (χ0) is 16.9. The molecule has 0 unspecified atom stereocenters. The highest BCUT2D eigenvalue weighted by atomic mass is 16.5. The van der Waals surface area contributed by atoms with Crippen molar-refractivity contribution in [2.24, 2.45) is 5.92 Å². The van der Waals surface area contributed by atoms with E-state index in [9.17, 15) is 9.59 Å². The molecule has 7 heteroatoms. The standard InChI is InChI=1S/C17H21N3O4/c1-23-16-12-24-15(11-14(16)21)17(22)19-8-3-13(4-9-19)5-10-20-7-2-6-18-20/h2,6-7,11-13H,3-5,8-10H2,1H3. The van der Waals surface area contributed by atoms with Gasteiger partial charge >= 0.3 is 0 Å². The van der Waals surface area contributed by atoms with Gasteiger partial charge in [0.25, 0.3) is 5.91 Å². The van der Waals surface area contributed by atoms with E-state index >= 15 is 0 Å². The number of likely N-dealkylation sites (tertiary alicyclic amines) is 1. The van der Waals surface area contributed by atoms with Crippen molar-refractivity contribution in [2.45, 2.75) is 25.8 Å².